The van der Waals surface area contributed by atoms with Gasteiger partial charge in [0.1, 0.15) is 17.5 Å². The molecule has 0 N–H and O–H groups in total. The van der Waals surface area contributed by atoms with E-state index in [1.165, 1.54) is 18.2 Å². The Bertz CT molecular complexity index is 1270. The van der Waals surface area contributed by atoms with E-state index < -0.39 is 0 Å². The predicted octanol–water partition coefficient (Wildman–Crippen LogP) is 5.49. The third-order valence-corrected chi connectivity index (χ3v) is 4.81. The fourth-order valence-corrected chi connectivity index (χ4v) is 3.22. The molecular weight excluding hydrogens is 394 g/mol. The van der Waals surface area contributed by atoms with Gasteiger partial charge in [0, 0.05) is 12.0 Å². The van der Waals surface area contributed by atoms with Gasteiger partial charge in [0.2, 0.25) is 0 Å². The second-order valence-corrected chi connectivity index (χ2v) is 7.04. The van der Waals surface area contributed by atoms with Crippen molar-refractivity contribution in [2.45, 2.75) is 19.8 Å². The molecule has 0 unspecified atom stereocenters. The molecule has 3 nitrogen and oxygen atoms in total. The van der Waals surface area contributed by atoms with Crippen LogP contribution in [0, 0.1) is 23.5 Å². The molecule has 0 amide bonds. The Kier molecular flexibility index (Phi) is 6.18. The van der Waals surface area contributed by atoms with E-state index >= 15 is 0 Å². The molecule has 0 saturated carbocycles. The second-order valence-electron chi connectivity index (χ2n) is 7.04. The summed E-state index contributed by atoms with van der Waals surface area (Å²) in [7, 11) is 0. The van der Waals surface area contributed by atoms with Crippen molar-refractivity contribution in [2.24, 2.45) is 0 Å². The van der Waals surface area contributed by atoms with Crippen molar-refractivity contribution < 1.29 is 13.5 Å². The Morgan fingerprint density at radius 1 is 0.839 bits per heavy atom. The zero-order chi connectivity index (χ0) is 21.6. The highest BCUT2D eigenvalue weighted by Gasteiger charge is 2.04. The Balaban J connectivity index is 1.44. The minimum absolute atomic E-state index is 0.275. The van der Waals surface area contributed by atoms with E-state index in [4.69, 9.17) is 4.74 Å². The smallest absolute Gasteiger partial charge is 0.155 e. The molecule has 31 heavy (non-hydrogen) atoms. The maximum Gasteiger partial charge on any atom is 0.155 e. The molecule has 4 aromatic rings. The van der Waals surface area contributed by atoms with E-state index in [1.54, 1.807) is 30.6 Å². The lowest BCUT2D eigenvalue weighted by atomic mass is 10.0. The Morgan fingerprint density at radius 2 is 1.61 bits per heavy atom. The number of nitrogens with zero attached hydrogens (tertiary/aromatic N) is 2. The third-order valence-electron chi connectivity index (χ3n) is 4.81. The Morgan fingerprint density at radius 3 is 2.39 bits per heavy atom. The molecule has 0 radical (unpaired) electrons. The van der Waals surface area contributed by atoms with Crippen molar-refractivity contribution in [3.8, 4) is 17.6 Å². The highest BCUT2D eigenvalue weighted by molar-refractivity contribution is 5.84. The fourth-order valence-electron chi connectivity index (χ4n) is 3.22. The van der Waals surface area contributed by atoms with Crippen molar-refractivity contribution in [1.82, 2.24) is 9.97 Å². The number of ether oxygens (including phenoxy) is 1. The van der Waals surface area contributed by atoms with E-state index in [0.717, 1.165) is 21.9 Å². The average molecular weight is 414 g/mol. The monoisotopic (exact) mass is 414 g/mol. The van der Waals surface area contributed by atoms with Crippen LogP contribution in [0.4, 0.5) is 8.78 Å². The summed E-state index contributed by atoms with van der Waals surface area (Å²) in [4.78, 5) is 8.54. The number of benzene rings is 3. The summed E-state index contributed by atoms with van der Waals surface area (Å²) < 4.78 is 33.2. The number of rotatable bonds is 5. The fraction of sp³-hybridized carbons (Fsp3) is 0.154. The lowest BCUT2D eigenvalue weighted by molar-refractivity contribution is 0.337. The lowest BCUT2D eigenvalue weighted by Gasteiger charge is -2.04. The molecule has 0 aliphatic heterocycles. The zero-order valence-electron chi connectivity index (χ0n) is 17.0. The first-order chi connectivity index (χ1) is 15.1. The number of aromatic nitrogens is 2. The third kappa shape index (κ3) is 5.23. The first-order valence-corrected chi connectivity index (χ1v) is 10.0. The van der Waals surface area contributed by atoms with Gasteiger partial charge < -0.3 is 4.74 Å². The van der Waals surface area contributed by atoms with E-state index in [0.29, 0.717) is 36.6 Å². The minimum Gasteiger partial charge on any atom is -0.491 e. The standard InChI is InChI=1S/C26H20F2N2O/c1-2-31-24-16-29-26(30-17-24)12-6-19-4-8-20(25(28)14-19)7-3-18-5-9-22-15-23(27)11-10-21(22)13-18/h4-5,8-11,13-17H,2,6,12H2,1H3. The van der Waals surface area contributed by atoms with Gasteiger partial charge in [-0.1, -0.05) is 30.0 Å². The molecule has 1 heterocycles. The minimum atomic E-state index is -0.361. The van der Waals surface area contributed by atoms with E-state index in [-0.39, 0.29) is 11.6 Å². The normalized spacial score (nSPS) is 10.5. The molecule has 4 rings (SSSR count). The molecule has 0 bridgehead atoms. The summed E-state index contributed by atoms with van der Waals surface area (Å²) in [5.74, 6) is 6.56. The number of hydrogen-bond acceptors (Lipinski definition) is 3. The van der Waals surface area contributed by atoms with Crippen LogP contribution >= 0.6 is 0 Å². The Labute approximate surface area is 179 Å². The van der Waals surface area contributed by atoms with Crippen LogP contribution in [0.1, 0.15) is 29.4 Å². The molecule has 0 fully saturated rings. The van der Waals surface area contributed by atoms with Crippen molar-refractivity contribution in [2.75, 3.05) is 6.61 Å². The van der Waals surface area contributed by atoms with Crippen LogP contribution in [0.25, 0.3) is 10.8 Å². The average Bonchev–Trinajstić information content (AvgIpc) is 2.78. The SMILES string of the molecule is CCOc1cnc(CCc2ccc(C#Cc3ccc4cc(F)ccc4c3)c(F)c2)nc1. The van der Waals surface area contributed by atoms with Crippen molar-refractivity contribution in [3.05, 3.63) is 101 Å². The van der Waals surface area contributed by atoms with Crippen LogP contribution in [0.2, 0.25) is 0 Å². The van der Waals surface area contributed by atoms with Crippen LogP contribution < -0.4 is 4.74 Å². The number of aryl methyl sites for hydroxylation is 2. The summed E-state index contributed by atoms with van der Waals surface area (Å²) in [6.45, 7) is 2.47. The van der Waals surface area contributed by atoms with Crippen LogP contribution in [0.15, 0.2) is 67.0 Å². The summed E-state index contributed by atoms with van der Waals surface area (Å²) in [6.07, 6.45) is 4.52. The molecule has 154 valence electrons. The van der Waals surface area contributed by atoms with Crippen LogP contribution in [0.5, 0.6) is 5.75 Å². The summed E-state index contributed by atoms with van der Waals surface area (Å²) >= 11 is 0. The first kappa shape index (κ1) is 20.5. The van der Waals surface area contributed by atoms with Gasteiger partial charge in [-0.15, -0.1) is 0 Å². The highest BCUT2D eigenvalue weighted by atomic mass is 19.1. The van der Waals surface area contributed by atoms with E-state index in [1.807, 2.05) is 25.1 Å². The lowest BCUT2D eigenvalue weighted by Crippen LogP contribution is -2.00. The van der Waals surface area contributed by atoms with E-state index in [9.17, 15) is 8.78 Å². The van der Waals surface area contributed by atoms with Gasteiger partial charge in [-0.05, 0) is 66.1 Å². The van der Waals surface area contributed by atoms with Gasteiger partial charge in [-0.25, -0.2) is 18.7 Å². The van der Waals surface area contributed by atoms with Gasteiger partial charge in [0.15, 0.2) is 5.75 Å². The van der Waals surface area contributed by atoms with Crippen molar-refractivity contribution in [1.29, 1.82) is 0 Å². The van der Waals surface area contributed by atoms with Gasteiger partial charge in [0.25, 0.3) is 0 Å². The molecule has 0 spiro atoms. The van der Waals surface area contributed by atoms with Crippen LogP contribution in [0.3, 0.4) is 0 Å². The molecular formula is C26H20F2N2O. The van der Waals surface area contributed by atoms with Gasteiger partial charge in [0.05, 0.1) is 24.6 Å². The Hall–Kier alpha value is -3.78. The number of halogens is 2. The van der Waals surface area contributed by atoms with Gasteiger partial charge in [-0.3, -0.25) is 0 Å². The van der Waals surface area contributed by atoms with E-state index in [2.05, 4.69) is 21.8 Å². The molecule has 1 aromatic heterocycles. The van der Waals surface area contributed by atoms with Crippen molar-refractivity contribution >= 4 is 10.8 Å². The maximum atomic E-state index is 14.5. The second kappa shape index (κ2) is 9.36. The highest BCUT2D eigenvalue weighted by Crippen LogP contribution is 2.17. The van der Waals surface area contributed by atoms with Crippen LogP contribution in [-0.4, -0.2) is 16.6 Å². The van der Waals surface area contributed by atoms with Gasteiger partial charge in [-0.2, -0.15) is 0 Å². The first-order valence-electron chi connectivity index (χ1n) is 10.0. The number of fused-ring (bicyclic) bond motifs is 1. The maximum absolute atomic E-state index is 14.5. The summed E-state index contributed by atoms with van der Waals surface area (Å²) in [5.41, 5.74) is 1.93. The quantitative estimate of drug-likeness (QED) is 0.405. The topological polar surface area (TPSA) is 35.0 Å². The largest absolute Gasteiger partial charge is 0.491 e. The molecule has 5 heteroatoms. The zero-order valence-corrected chi connectivity index (χ0v) is 17.0. The predicted molar refractivity (Wildman–Crippen MR) is 117 cm³/mol. The molecule has 0 aliphatic carbocycles. The summed E-state index contributed by atoms with van der Waals surface area (Å²) in [5, 5.41) is 1.69. The molecule has 0 atom stereocenters. The molecule has 0 saturated heterocycles. The van der Waals surface area contributed by atoms with Crippen LogP contribution in [-0.2, 0) is 12.8 Å². The number of hydrogen-bond donors (Lipinski definition) is 0. The molecule has 3 aromatic carbocycles. The van der Waals surface area contributed by atoms with Crippen molar-refractivity contribution in [3.63, 3.8) is 0 Å². The molecule has 0 aliphatic rings. The van der Waals surface area contributed by atoms with Gasteiger partial charge >= 0.3 is 0 Å². The summed E-state index contributed by atoms with van der Waals surface area (Å²) in [6, 6.07) is 15.1.